The molecule has 0 unspecified atom stereocenters. The van der Waals surface area contributed by atoms with Crippen LogP contribution in [-0.2, 0) is 10.0 Å². The van der Waals surface area contributed by atoms with Gasteiger partial charge < -0.3 is 14.6 Å². The molecule has 7 heteroatoms. The van der Waals surface area contributed by atoms with Gasteiger partial charge in [-0.05, 0) is 30.3 Å². The maximum Gasteiger partial charge on any atom is 0.298 e. The quantitative estimate of drug-likeness (QED) is 0.647. The minimum Gasteiger partial charge on any atom is -0.443 e. The molecule has 0 bridgehead atoms. The Morgan fingerprint density at radius 1 is 1.11 bits per heavy atom. The lowest BCUT2D eigenvalue weighted by Crippen LogP contribution is -2.43. The van der Waals surface area contributed by atoms with Gasteiger partial charge in [-0.25, -0.2) is 0 Å². The molecule has 0 spiro atoms. The molecule has 6 nitrogen and oxygen atoms in total. The SMILES string of the molecule is C=CCN(c1ccc(N2CCNCC2)cc1)S(=O)(=O)c1cc2ccccc2o1. The Hall–Kier alpha value is -2.77. The molecule has 1 saturated heterocycles. The van der Waals surface area contributed by atoms with Crippen LogP contribution in [0.25, 0.3) is 11.0 Å². The molecule has 0 radical (unpaired) electrons. The fourth-order valence-electron chi connectivity index (χ4n) is 3.41. The fraction of sp³-hybridized carbons (Fsp3) is 0.238. The van der Waals surface area contributed by atoms with Gasteiger partial charge in [-0.3, -0.25) is 4.31 Å². The number of furan rings is 1. The monoisotopic (exact) mass is 397 g/mol. The smallest absolute Gasteiger partial charge is 0.298 e. The second kappa shape index (κ2) is 7.69. The van der Waals surface area contributed by atoms with Gasteiger partial charge in [0.05, 0.1) is 12.2 Å². The summed E-state index contributed by atoms with van der Waals surface area (Å²) in [6.45, 7) is 7.65. The Morgan fingerprint density at radius 3 is 2.50 bits per heavy atom. The van der Waals surface area contributed by atoms with E-state index in [1.54, 1.807) is 18.2 Å². The minimum absolute atomic E-state index is 0.0678. The van der Waals surface area contributed by atoms with Gasteiger partial charge in [0.25, 0.3) is 10.0 Å². The van der Waals surface area contributed by atoms with Crippen molar-refractivity contribution in [3.05, 3.63) is 67.3 Å². The summed E-state index contributed by atoms with van der Waals surface area (Å²) in [6.07, 6.45) is 1.57. The van der Waals surface area contributed by atoms with Crippen LogP contribution >= 0.6 is 0 Å². The highest BCUT2D eigenvalue weighted by Crippen LogP contribution is 2.29. The number of anilines is 2. The van der Waals surface area contributed by atoms with Crippen LogP contribution in [0.5, 0.6) is 0 Å². The molecule has 0 amide bonds. The van der Waals surface area contributed by atoms with Gasteiger partial charge in [-0.1, -0.05) is 24.3 Å². The summed E-state index contributed by atoms with van der Waals surface area (Å²) in [5, 5.41) is 4.02. The van der Waals surface area contributed by atoms with Gasteiger partial charge >= 0.3 is 0 Å². The summed E-state index contributed by atoms with van der Waals surface area (Å²) < 4.78 is 33.4. The molecule has 0 saturated carbocycles. The highest BCUT2D eigenvalue weighted by Gasteiger charge is 2.28. The van der Waals surface area contributed by atoms with E-state index in [2.05, 4.69) is 16.8 Å². The molecular formula is C21H23N3O3S. The summed E-state index contributed by atoms with van der Waals surface area (Å²) in [7, 11) is -3.84. The van der Waals surface area contributed by atoms with Crippen molar-refractivity contribution in [2.24, 2.45) is 0 Å². The zero-order valence-electron chi connectivity index (χ0n) is 15.5. The van der Waals surface area contributed by atoms with Crippen LogP contribution in [0.2, 0.25) is 0 Å². The normalized spacial score (nSPS) is 14.9. The first kappa shape index (κ1) is 18.6. The maximum atomic E-state index is 13.2. The Morgan fingerprint density at radius 2 is 1.82 bits per heavy atom. The minimum atomic E-state index is -3.84. The van der Waals surface area contributed by atoms with Gasteiger partial charge in [0.2, 0.25) is 5.09 Å². The van der Waals surface area contributed by atoms with Crippen LogP contribution in [0, 0.1) is 0 Å². The third kappa shape index (κ3) is 3.50. The van der Waals surface area contributed by atoms with Crippen LogP contribution in [-0.4, -0.2) is 41.1 Å². The second-order valence-electron chi connectivity index (χ2n) is 6.68. The van der Waals surface area contributed by atoms with Crippen molar-refractivity contribution in [2.45, 2.75) is 5.09 Å². The lowest BCUT2D eigenvalue weighted by Gasteiger charge is -2.30. The van der Waals surface area contributed by atoms with Crippen molar-refractivity contribution >= 4 is 32.4 Å². The average molecular weight is 398 g/mol. The lowest BCUT2D eigenvalue weighted by atomic mass is 10.2. The Labute approximate surface area is 165 Å². The predicted molar refractivity (Wildman–Crippen MR) is 112 cm³/mol. The molecule has 0 atom stereocenters. The molecule has 1 N–H and O–H groups in total. The van der Waals surface area contributed by atoms with Gasteiger partial charge in [0.15, 0.2) is 0 Å². The summed E-state index contributed by atoms with van der Waals surface area (Å²) in [4.78, 5) is 2.28. The fourth-order valence-corrected chi connectivity index (χ4v) is 4.79. The van der Waals surface area contributed by atoms with Crippen LogP contribution in [0.15, 0.2) is 76.8 Å². The summed E-state index contributed by atoms with van der Waals surface area (Å²) in [5.74, 6) is 0. The van der Waals surface area contributed by atoms with Crippen molar-refractivity contribution in [3.63, 3.8) is 0 Å². The number of nitrogens with zero attached hydrogens (tertiary/aromatic N) is 2. The number of rotatable bonds is 6. The van der Waals surface area contributed by atoms with Crippen LogP contribution in [0.4, 0.5) is 11.4 Å². The number of nitrogens with one attached hydrogen (secondary N) is 1. The van der Waals surface area contributed by atoms with Gasteiger partial charge in [-0.15, -0.1) is 6.58 Å². The number of hydrogen-bond donors (Lipinski definition) is 1. The molecule has 146 valence electrons. The van der Waals surface area contributed by atoms with Crippen molar-refractivity contribution < 1.29 is 12.8 Å². The molecule has 0 aliphatic carbocycles. The van der Waals surface area contributed by atoms with E-state index in [0.717, 1.165) is 37.3 Å². The molecule has 1 aromatic heterocycles. The van der Waals surface area contributed by atoms with Gasteiger partial charge in [0, 0.05) is 43.3 Å². The van der Waals surface area contributed by atoms with E-state index in [4.69, 9.17) is 4.42 Å². The van der Waals surface area contributed by atoms with Crippen molar-refractivity contribution in [2.75, 3.05) is 41.9 Å². The highest BCUT2D eigenvalue weighted by molar-refractivity contribution is 7.92. The molecule has 2 aromatic carbocycles. The topological polar surface area (TPSA) is 65.8 Å². The van der Waals surface area contributed by atoms with Gasteiger partial charge in [-0.2, -0.15) is 8.42 Å². The van der Waals surface area contributed by atoms with Crippen molar-refractivity contribution in [1.29, 1.82) is 0 Å². The van der Waals surface area contributed by atoms with E-state index in [1.165, 1.54) is 4.31 Å². The Kier molecular flexibility index (Phi) is 5.11. The molecule has 3 aromatic rings. The van der Waals surface area contributed by atoms with Crippen molar-refractivity contribution in [1.82, 2.24) is 5.32 Å². The van der Waals surface area contributed by atoms with E-state index >= 15 is 0 Å². The number of para-hydroxylation sites is 1. The predicted octanol–water partition coefficient (Wildman–Crippen LogP) is 3.22. The van der Waals surface area contributed by atoms with Crippen LogP contribution in [0.3, 0.4) is 0 Å². The zero-order valence-corrected chi connectivity index (χ0v) is 16.4. The molecule has 2 heterocycles. The molecule has 4 rings (SSSR count). The highest BCUT2D eigenvalue weighted by atomic mass is 32.2. The van der Waals surface area contributed by atoms with Crippen molar-refractivity contribution in [3.8, 4) is 0 Å². The third-order valence-electron chi connectivity index (χ3n) is 4.86. The summed E-state index contributed by atoms with van der Waals surface area (Å²) >= 11 is 0. The Bertz CT molecular complexity index is 1030. The number of sulfonamides is 1. The summed E-state index contributed by atoms with van der Waals surface area (Å²) in [5.41, 5.74) is 2.22. The number of fused-ring (bicyclic) bond motifs is 1. The first-order valence-corrected chi connectivity index (χ1v) is 10.7. The maximum absolute atomic E-state index is 13.2. The van der Waals surface area contributed by atoms with E-state index in [9.17, 15) is 8.42 Å². The molecule has 1 aliphatic heterocycles. The van der Waals surface area contributed by atoms with E-state index in [-0.39, 0.29) is 11.6 Å². The first-order valence-electron chi connectivity index (χ1n) is 9.27. The number of benzene rings is 2. The Balaban J connectivity index is 1.66. The van der Waals surface area contributed by atoms with E-state index in [1.807, 2.05) is 42.5 Å². The molecule has 1 aliphatic rings. The summed E-state index contributed by atoms with van der Waals surface area (Å²) in [6, 6.07) is 16.4. The largest absolute Gasteiger partial charge is 0.443 e. The van der Waals surface area contributed by atoms with Gasteiger partial charge in [0.1, 0.15) is 5.58 Å². The third-order valence-corrected chi connectivity index (χ3v) is 6.51. The lowest BCUT2D eigenvalue weighted by molar-refractivity contribution is 0.480. The standard InChI is InChI=1S/C21H23N3O3S/c1-2-13-24(19-9-7-18(8-10-19)23-14-11-22-12-15-23)28(25,26)21-16-17-5-3-4-6-20(17)27-21/h2-10,16,22H,1,11-15H2. The molecular weight excluding hydrogens is 374 g/mol. The molecule has 28 heavy (non-hydrogen) atoms. The van der Waals surface area contributed by atoms with Crippen LogP contribution < -0.4 is 14.5 Å². The zero-order chi connectivity index (χ0) is 19.6. The van der Waals surface area contributed by atoms with E-state index < -0.39 is 10.0 Å². The average Bonchev–Trinajstić information content (AvgIpc) is 3.18. The molecule has 1 fully saturated rings. The first-order chi connectivity index (χ1) is 13.6. The number of hydrogen-bond acceptors (Lipinski definition) is 5. The van der Waals surface area contributed by atoms with E-state index in [0.29, 0.717) is 11.3 Å². The number of piperazine rings is 1. The van der Waals surface area contributed by atoms with Crippen LogP contribution in [0.1, 0.15) is 0 Å². The second-order valence-corrected chi connectivity index (χ2v) is 8.47.